The predicted molar refractivity (Wildman–Crippen MR) is 59.6 cm³/mol. The Balaban J connectivity index is 2.10. The highest BCUT2D eigenvalue weighted by atomic mass is 19.3. The van der Waals surface area contributed by atoms with E-state index in [0.717, 1.165) is 12.8 Å². The molecule has 0 fully saturated rings. The van der Waals surface area contributed by atoms with E-state index in [1.54, 1.807) is 0 Å². The van der Waals surface area contributed by atoms with Crippen LogP contribution in [0.4, 0.5) is 8.78 Å². The van der Waals surface area contributed by atoms with Crippen LogP contribution in [-0.2, 0) is 12.8 Å². The molecule has 16 heavy (non-hydrogen) atoms. The first kappa shape index (κ1) is 11.5. The SMILES string of the molecule is NCC1(NCC(F)F)Cc2ccccc2C1. The van der Waals surface area contributed by atoms with Crippen molar-refractivity contribution in [3.8, 4) is 0 Å². The number of nitrogens with two attached hydrogens (primary N) is 1. The third-order valence-electron chi connectivity index (χ3n) is 3.20. The zero-order valence-electron chi connectivity index (χ0n) is 9.05. The lowest BCUT2D eigenvalue weighted by Crippen LogP contribution is -2.53. The van der Waals surface area contributed by atoms with Gasteiger partial charge < -0.3 is 11.1 Å². The van der Waals surface area contributed by atoms with Gasteiger partial charge in [-0.2, -0.15) is 0 Å². The first-order valence-electron chi connectivity index (χ1n) is 5.45. The molecule has 0 heterocycles. The average Bonchev–Trinajstić information content (AvgIpc) is 2.65. The highest BCUT2D eigenvalue weighted by Gasteiger charge is 2.35. The average molecular weight is 226 g/mol. The quantitative estimate of drug-likeness (QED) is 0.813. The minimum absolute atomic E-state index is 0.287. The highest BCUT2D eigenvalue weighted by molar-refractivity contribution is 5.36. The lowest BCUT2D eigenvalue weighted by atomic mass is 9.96. The van der Waals surface area contributed by atoms with Crippen LogP contribution >= 0.6 is 0 Å². The van der Waals surface area contributed by atoms with Gasteiger partial charge in [0.15, 0.2) is 0 Å². The number of benzene rings is 1. The Hall–Kier alpha value is -1.00. The molecule has 0 aliphatic heterocycles. The minimum Gasteiger partial charge on any atom is -0.329 e. The summed E-state index contributed by atoms with van der Waals surface area (Å²) in [5.74, 6) is 0. The summed E-state index contributed by atoms with van der Waals surface area (Å²) >= 11 is 0. The molecule has 2 rings (SSSR count). The molecule has 0 spiro atoms. The molecule has 0 bridgehead atoms. The summed E-state index contributed by atoms with van der Waals surface area (Å²) in [6, 6.07) is 8.02. The second-order valence-electron chi connectivity index (χ2n) is 4.38. The Morgan fingerprint density at radius 1 is 1.25 bits per heavy atom. The molecule has 3 N–H and O–H groups in total. The second-order valence-corrected chi connectivity index (χ2v) is 4.38. The monoisotopic (exact) mass is 226 g/mol. The molecular formula is C12H16F2N2. The number of fused-ring (bicyclic) bond motifs is 1. The maximum absolute atomic E-state index is 12.2. The maximum atomic E-state index is 12.2. The summed E-state index contributed by atoms with van der Waals surface area (Å²) in [6.07, 6.45) is -0.842. The van der Waals surface area contributed by atoms with Crippen molar-refractivity contribution in [2.75, 3.05) is 13.1 Å². The molecule has 2 nitrogen and oxygen atoms in total. The van der Waals surface area contributed by atoms with Crippen LogP contribution in [0.15, 0.2) is 24.3 Å². The molecule has 1 aromatic rings. The van der Waals surface area contributed by atoms with E-state index in [0.29, 0.717) is 6.54 Å². The van der Waals surface area contributed by atoms with Crippen molar-refractivity contribution in [3.63, 3.8) is 0 Å². The Morgan fingerprint density at radius 2 is 1.81 bits per heavy atom. The molecule has 1 aliphatic carbocycles. The van der Waals surface area contributed by atoms with Gasteiger partial charge in [0.25, 0.3) is 6.43 Å². The number of alkyl halides is 2. The molecule has 0 saturated heterocycles. The van der Waals surface area contributed by atoms with Crippen LogP contribution in [0.2, 0.25) is 0 Å². The van der Waals surface area contributed by atoms with Gasteiger partial charge in [-0.05, 0) is 24.0 Å². The summed E-state index contributed by atoms with van der Waals surface area (Å²) in [5.41, 5.74) is 7.79. The van der Waals surface area contributed by atoms with Gasteiger partial charge in [0, 0.05) is 12.1 Å². The van der Waals surface area contributed by atoms with Crippen LogP contribution in [0, 0.1) is 0 Å². The fourth-order valence-corrected chi connectivity index (χ4v) is 2.33. The van der Waals surface area contributed by atoms with E-state index < -0.39 is 6.43 Å². The molecule has 0 radical (unpaired) electrons. The molecule has 1 aromatic carbocycles. The van der Waals surface area contributed by atoms with Crippen LogP contribution < -0.4 is 11.1 Å². The Morgan fingerprint density at radius 3 is 2.25 bits per heavy atom. The van der Waals surface area contributed by atoms with E-state index in [1.165, 1.54) is 11.1 Å². The Bertz CT molecular complexity index is 341. The minimum atomic E-state index is -2.33. The van der Waals surface area contributed by atoms with Crippen molar-refractivity contribution in [3.05, 3.63) is 35.4 Å². The third-order valence-corrected chi connectivity index (χ3v) is 3.20. The van der Waals surface area contributed by atoms with Crippen molar-refractivity contribution in [2.24, 2.45) is 5.73 Å². The zero-order chi connectivity index (χ0) is 11.6. The predicted octanol–water partition coefficient (Wildman–Crippen LogP) is 1.34. The number of hydrogen-bond donors (Lipinski definition) is 2. The van der Waals surface area contributed by atoms with Crippen molar-refractivity contribution < 1.29 is 8.78 Å². The van der Waals surface area contributed by atoms with E-state index in [1.807, 2.05) is 24.3 Å². The summed E-state index contributed by atoms with van der Waals surface area (Å²) in [7, 11) is 0. The fourth-order valence-electron chi connectivity index (χ4n) is 2.33. The molecule has 88 valence electrons. The van der Waals surface area contributed by atoms with E-state index in [4.69, 9.17) is 5.73 Å². The molecule has 0 amide bonds. The largest absolute Gasteiger partial charge is 0.329 e. The van der Waals surface area contributed by atoms with Crippen LogP contribution in [-0.4, -0.2) is 25.1 Å². The molecule has 0 aromatic heterocycles. The second kappa shape index (κ2) is 4.47. The summed E-state index contributed by atoms with van der Waals surface area (Å²) < 4.78 is 24.4. The van der Waals surface area contributed by atoms with Crippen molar-refractivity contribution >= 4 is 0 Å². The maximum Gasteiger partial charge on any atom is 0.250 e. The summed E-state index contributed by atoms with van der Waals surface area (Å²) in [4.78, 5) is 0. The molecule has 4 heteroatoms. The van der Waals surface area contributed by atoms with E-state index >= 15 is 0 Å². The Kier molecular flexibility index (Phi) is 3.21. The van der Waals surface area contributed by atoms with Crippen LogP contribution in [0.5, 0.6) is 0 Å². The smallest absolute Gasteiger partial charge is 0.250 e. The van der Waals surface area contributed by atoms with Crippen LogP contribution in [0.25, 0.3) is 0 Å². The molecule has 0 unspecified atom stereocenters. The van der Waals surface area contributed by atoms with E-state index in [-0.39, 0.29) is 12.1 Å². The van der Waals surface area contributed by atoms with E-state index in [9.17, 15) is 8.78 Å². The summed E-state index contributed by atoms with van der Waals surface area (Å²) in [6.45, 7) is 0.0968. The van der Waals surface area contributed by atoms with Gasteiger partial charge >= 0.3 is 0 Å². The number of nitrogens with one attached hydrogen (secondary N) is 1. The number of halogens is 2. The number of hydrogen-bond acceptors (Lipinski definition) is 2. The van der Waals surface area contributed by atoms with E-state index in [2.05, 4.69) is 5.32 Å². The molecule has 0 saturated carbocycles. The van der Waals surface area contributed by atoms with Gasteiger partial charge in [0.05, 0.1) is 6.54 Å². The first-order valence-corrected chi connectivity index (χ1v) is 5.45. The molecule has 1 aliphatic rings. The lowest BCUT2D eigenvalue weighted by Gasteiger charge is -2.28. The fraction of sp³-hybridized carbons (Fsp3) is 0.500. The van der Waals surface area contributed by atoms with Gasteiger partial charge in [-0.3, -0.25) is 0 Å². The highest BCUT2D eigenvalue weighted by Crippen LogP contribution is 2.29. The third kappa shape index (κ3) is 2.23. The van der Waals surface area contributed by atoms with Gasteiger partial charge in [-0.15, -0.1) is 0 Å². The van der Waals surface area contributed by atoms with Crippen LogP contribution in [0.1, 0.15) is 11.1 Å². The van der Waals surface area contributed by atoms with Crippen LogP contribution in [0.3, 0.4) is 0 Å². The van der Waals surface area contributed by atoms with Gasteiger partial charge in [0.2, 0.25) is 0 Å². The van der Waals surface area contributed by atoms with Crippen molar-refractivity contribution in [2.45, 2.75) is 24.8 Å². The Labute approximate surface area is 93.8 Å². The van der Waals surface area contributed by atoms with Gasteiger partial charge in [-0.1, -0.05) is 24.3 Å². The van der Waals surface area contributed by atoms with Crippen molar-refractivity contribution in [1.82, 2.24) is 5.32 Å². The van der Waals surface area contributed by atoms with Gasteiger partial charge in [-0.25, -0.2) is 8.78 Å². The summed E-state index contributed by atoms with van der Waals surface area (Å²) in [5, 5.41) is 2.92. The first-order chi connectivity index (χ1) is 7.65. The topological polar surface area (TPSA) is 38.0 Å². The molecular weight excluding hydrogens is 210 g/mol. The lowest BCUT2D eigenvalue weighted by molar-refractivity contribution is 0.130. The number of rotatable bonds is 4. The normalized spacial score (nSPS) is 17.8. The molecule has 0 atom stereocenters. The van der Waals surface area contributed by atoms with Gasteiger partial charge in [0.1, 0.15) is 0 Å². The standard InChI is InChI=1S/C12H16F2N2/c13-11(14)7-16-12(8-15)5-9-3-1-2-4-10(9)6-12/h1-4,11,16H,5-8,15H2. The zero-order valence-corrected chi connectivity index (χ0v) is 9.05. The van der Waals surface area contributed by atoms with Crippen molar-refractivity contribution in [1.29, 1.82) is 0 Å².